The molecule has 1 atom stereocenters. The zero-order valence-corrected chi connectivity index (χ0v) is 21.6. The normalized spacial score (nSPS) is 13.3. The van der Waals surface area contributed by atoms with Crippen LogP contribution in [0.2, 0.25) is 5.02 Å². The highest BCUT2D eigenvalue weighted by Crippen LogP contribution is 2.36. The Morgan fingerprint density at radius 3 is 2.09 bits per heavy atom. The Balaban J connectivity index is 2.13. The quantitative estimate of drug-likeness (QED) is 0.273. The summed E-state index contributed by atoms with van der Waals surface area (Å²) in [4.78, 5) is 15.6. The largest absolute Gasteiger partial charge is 0.398 e. The minimum absolute atomic E-state index is 0.198. The van der Waals surface area contributed by atoms with Gasteiger partial charge in [-0.25, -0.2) is 4.79 Å². The Kier molecular flexibility index (Phi) is 7.29. The van der Waals surface area contributed by atoms with Crippen molar-refractivity contribution in [3.63, 3.8) is 0 Å². The lowest BCUT2D eigenvalue weighted by atomic mass is 9.84. The molecular formula is C28H35ClN4O. The number of rotatable bonds is 5. The van der Waals surface area contributed by atoms with E-state index < -0.39 is 5.66 Å². The maximum absolute atomic E-state index is 14.0. The van der Waals surface area contributed by atoms with Gasteiger partial charge in [-0.3, -0.25) is 4.90 Å². The fourth-order valence-electron chi connectivity index (χ4n) is 4.07. The second kappa shape index (κ2) is 9.69. The van der Waals surface area contributed by atoms with Crippen molar-refractivity contribution in [2.75, 3.05) is 16.0 Å². The van der Waals surface area contributed by atoms with Gasteiger partial charge in [-0.15, -0.1) is 0 Å². The number of carbonyl (C=O) groups excluding carboxylic acids is 1. The van der Waals surface area contributed by atoms with Crippen molar-refractivity contribution < 1.29 is 4.79 Å². The molecule has 0 radical (unpaired) electrons. The molecule has 0 spiro atoms. The van der Waals surface area contributed by atoms with Crippen molar-refractivity contribution >= 4 is 34.7 Å². The molecule has 34 heavy (non-hydrogen) atoms. The summed E-state index contributed by atoms with van der Waals surface area (Å²) in [6.07, 6.45) is 0.904. The van der Waals surface area contributed by atoms with E-state index in [9.17, 15) is 4.79 Å². The van der Waals surface area contributed by atoms with E-state index >= 15 is 0 Å². The highest BCUT2D eigenvalue weighted by atomic mass is 35.5. The van der Waals surface area contributed by atoms with Gasteiger partial charge >= 0.3 is 6.03 Å². The second-order valence-corrected chi connectivity index (χ2v) is 10.3. The standard InChI is InChI=1S/C28H35ClN4O/c1-7-19-8-14-22(15-9-19)33(28(6,31)20-10-12-21(29)13-11-20)26(34)32-25-18(2)24(30)17-16-23(25)27(3,4)5/h8-17H,7,30-31H2,1-6H3,(H,32,34). The number of halogens is 1. The summed E-state index contributed by atoms with van der Waals surface area (Å²) in [5.41, 5.74) is 17.5. The van der Waals surface area contributed by atoms with Crippen LogP contribution in [0.25, 0.3) is 0 Å². The number of hydrogen-bond donors (Lipinski definition) is 3. The molecule has 180 valence electrons. The molecule has 5 nitrogen and oxygen atoms in total. The van der Waals surface area contributed by atoms with Gasteiger partial charge < -0.3 is 16.8 Å². The zero-order valence-electron chi connectivity index (χ0n) is 20.9. The molecule has 5 N–H and O–H groups in total. The third kappa shape index (κ3) is 5.21. The number of urea groups is 1. The van der Waals surface area contributed by atoms with Gasteiger partial charge in [0.05, 0.1) is 5.69 Å². The number of nitrogens with zero attached hydrogens (tertiary/aromatic N) is 1. The number of nitrogens with two attached hydrogens (primary N) is 2. The lowest BCUT2D eigenvalue weighted by Crippen LogP contribution is -2.55. The van der Waals surface area contributed by atoms with Gasteiger partial charge in [0.2, 0.25) is 0 Å². The Hall–Kier alpha value is -3.02. The molecule has 0 aromatic heterocycles. The number of hydrogen-bond acceptors (Lipinski definition) is 3. The van der Waals surface area contributed by atoms with E-state index in [0.29, 0.717) is 22.1 Å². The summed E-state index contributed by atoms with van der Waals surface area (Å²) in [6.45, 7) is 12.2. The van der Waals surface area contributed by atoms with Gasteiger partial charge in [-0.1, -0.05) is 69.6 Å². The van der Waals surface area contributed by atoms with Crippen LogP contribution < -0.4 is 21.7 Å². The van der Waals surface area contributed by atoms with E-state index in [1.165, 1.54) is 5.56 Å². The van der Waals surface area contributed by atoms with Crippen molar-refractivity contribution in [1.29, 1.82) is 0 Å². The van der Waals surface area contributed by atoms with Crippen LogP contribution in [0.5, 0.6) is 0 Å². The predicted molar refractivity (Wildman–Crippen MR) is 145 cm³/mol. The smallest absolute Gasteiger partial charge is 0.328 e. The van der Waals surface area contributed by atoms with Gasteiger partial charge in [0, 0.05) is 16.4 Å². The lowest BCUT2D eigenvalue weighted by Gasteiger charge is -2.39. The molecule has 0 saturated carbocycles. The number of aryl methyl sites for hydroxylation is 1. The van der Waals surface area contributed by atoms with Gasteiger partial charge in [-0.2, -0.15) is 0 Å². The van der Waals surface area contributed by atoms with Gasteiger partial charge in [0.1, 0.15) is 5.66 Å². The molecule has 0 aliphatic carbocycles. The highest BCUT2D eigenvalue weighted by molar-refractivity contribution is 6.30. The molecular weight excluding hydrogens is 444 g/mol. The zero-order chi connectivity index (χ0) is 25.3. The third-order valence-electron chi connectivity index (χ3n) is 6.25. The van der Waals surface area contributed by atoms with Crippen molar-refractivity contribution in [1.82, 2.24) is 0 Å². The maximum Gasteiger partial charge on any atom is 0.328 e. The van der Waals surface area contributed by atoms with E-state index in [1.54, 1.807) is 17.0 Å². The Morgan fingerprint density at radius 1 is 0.971 bits per heavy atom. The summed E-state index contributed by atoms with van der Waals surface area (Å²) in [5.74, 6) is 0. The van der Waals surface area contributed by atoms with Gasteiger partial charge in [0.15, 0.2) is 0 Å². The van der Waals surface area contributed by atoms with Crippen LogP contribution in [-0.4, -0.2) is 6.03 Å². The highest BCUT2D eigenvalue weighted by Gasteiger charge is 2.36. The van der Waals surface area contributed by atoms with Crippen molar-refractivity contribution in [2.24, 2.45) is 5.73 Å². The predicted octanol–water partition coefficient (Wildman–Crippen LogP) is 6.96. The molecule has 0 aliphatic heterocycles. The maximum atomic E-state index is 14.0. The third-order valence-corrected chi connectivity index (χ3v) is 6.50. The molecule has 1 unspecified atom stereocenters. The number of carbonyl (C=O) groups is 1. The number of nitrogen functional groups attached to an aromatic ring is 1. The van der Waals surface area contributed by atoms with Gasteiger partial charge in [0.25, 0.3) is 0 Å². The van der Waals surface area contributed by atoms with E-state index in [4.69, 9.17) is 23.1 Å². The number of amides is 2. The first-order valence-electron chi connectivity index (χ1n) is 11.5. The van der Waals surface area contributed by atoms with Gasteiger partial charge in [-0.05, 0) is 78.3 Å². The molecule has 3 aromatic rings. The molecule has 3 rings (SSSR count). The van der Waals surface area contributed by atoms with Crippen LogP contribution in [0.4, 0.5) is 21.9 Å². The van der Waals surface area contributed by atoms with Crippen LogP contribution >= 0.6 is 11.6 Å². The minimum Gasteiger partial charge on any atom is -0.398 e. The Bertz CT molecular complexity index is 1160. The van der Waals surface area contributed by atoms with Crippen LogP contribution in [-0.2, 0) is 17.5 Å². The SMILES string of the molecule is CCc1ccc(N(C(=O)Nc2c(C(C)(C)C)ccc(N)c2C)C(C)(N)c2ccc(Cl)cc2)cc1. The molecule has 0 aliphatic rings. The Labute approximate surface area is 208 Å². The van der Waals surface area contributed by atoms with E-state index in [1.807, 2.05) is 62.4 Å². The van der Waals surface area contributed by atoms with E-state index in [2.05, 4.69) is 33.0 Å². The average molecular weight is 479 g/mol. The van der Waals surface area contributed by atoms with Crippen molar-refractivity contribution in [3.05, 3.63) is 87.9 Å². The van der Waals surface area contributed by atoms with E-state index in [-0.39, 0.29) is 11.4 Å². The molecule has 0 saturated heterocycles. The topological polar surface area (TPSA) is 84.4 Å². The first-order chi connectivity index (χ1) is 15.9. The number of nitrogens with one attached hydrogen (secondary N) is 1. The summed E-state index contributed by atoms with van der Waals surface area (Å²) < 4.78 is 0. The van der Waals surface area contributed by atoms with Crippen LogP contribution in [0, 0.1) is 6.92 Å². The fourth-order valence-corrected chi connectivity index (χ4v) is 4.20. The molecule has 0 heterocycles. The summed E-state index contributed by atoms with van der Waals surface area (Å²) in [5, 5.41) is 3.75. The average Bonchev–Trinajstić information content (AvgIpc) is 2.77. The molecule has 6 heteroatoms. The monoisotopic (exact) mass is 478 g/mol. The molecule has 3 aromatic carbocycles. The molecule has 0 bridgehead atoms. The van der Waals surface area contributed by atoms with Crippen LogP contribution in [0.15, 0.2) is 60.7 Å². The van der Waals surface area contributed by atoms with Crippen LogP contribution in [0.3, 0.4) is 0 Å². The van der Waals surface area contributed by atoms with Crippen molar-refractivity contribution in [3.8, 4) is 0 Å². The first kappa shape index (κ1) is 25.6. The molecule has 0 fully saturated rings. The summed E-state index contributed by atoms with van der Waals surface area (Å²) in [6, 6.07) is 18.6. The van der Waals surface area contributed by atoms with Crippen molar-refractivity contribution in [2.45, 2.75) is 59.0 Å². The first-order valence-corrected chi connectivity index (χ1v) is 11.9. The second-order valence-electron chi connectivity index (χ2n) is 9.89. The van der Waals surface area contributed by atoms with E-state index in [0.717, 1.165) is 23.1 Å². The summed E-state index contributed by atoms with van der Waals surface area (Å²) in [7, 11) is 0. The minimum atomic E-state index is -1.15. The molecule has 2 amide bonds. The summed E-state index contributed by atoms with van der Waals surface area (Å²) >= 11 is 6.11. The number of benzene rings is 3. The Morgan fingerprint density at radius 2 is 1.56 bits per heavy atom. The van der Waals surface area contributed by atoms with Crippen LogP contribution in [0.1, 0.15) is 56.9 Å². The lowest BCUT2D eigenvalue weighted by molar-refractivity contribution is 0.250. The fraction of sp³-hybridized carbons (Fsp3) is 0.321. The number of anilines is 3.